The molecule has 0 radical (unpaired) electrons. The SMILES string of the molecule is Cc1ncc(-c2cncc(CC3CCCN(C(=O)Cc4cccs4)C3)n2)n1C. The van der Waals surface area contributed by atoms with Crippen LogP contribution in [0.4, 0.5) is 0 Å². The Bertz CT molecular complexity index is 950. The third-order valence-corrected chi connectivity index (χ3v) is 6.32. The van der Waals surface area contributed by atoms with E-state index in [1.165, 1.54) is 0 Å². The van der Waals surface area contributed by atoms with Crippen molar-refractivity contribution in [2.24, 2.45) is 13.0 Å². The van der Waals surface area contributed by atoms with Gasteiger partial charge in [0.1, 0.15) is 11.5 Å². The molecule has 3 aromatic rings. The Hall–Kier alpha value is -2.54. The van der Waals surface area contributed by atoms with Crippen LogP contribution < -0.4 is 0 Å². The number of amides is 1. The van der Waals surface area contributed by atoms with Crippen LogP contribution in [0.15, 0.2) is 36.1 Å². The molecule has 1 atom stereocenters. The summed E-state index contributed by atoms with van der Waals surface area (Å²) in [5.74, 6) is 1.62. The van der Waals surface area contributed by atoms with Crippen molar-refractivity contribution in [3.8, 4) is 11.4 Å². The summed E-state index contributed by atoms with van der Waals surface area (Å²) in [5, 5.41) is 2.02. The van der Waals surface area contributed by atoms with Crippen molar-refractivity contribution < 1.29 is 4.79 Å². The Labute approximate surface area is 169 Å². The van der Waals surface area contributed by atoms with Crippen LogP contribution in [0.2, 0.25) is 0 Å². The van der Waals surface area contributed by atoms with Gasteiger partial charge in [-0.15, -0.1) is 11.3 Å². The summed E-state index contributed by atoms with van der Waals surface area (Å²) in [6, 6.07) is 4.03. The molecule has 1 aliphatic heterocycles. The van der Waals surface area contributed by atoms with Gasteiger partial charge in [-0.25, -0.2) is 9.97 Å². The van der Waals surface area contributed by atoms with Gasteiger partial charge in [0.2, 0.25) is 5.91 Å². The average Bonchev–Trinajstić information content (AvgIpc) is 3.32. The third kappa shape index (κ3) is 4.14. The van der Waals surface area contributed by atoms with E-state index in [0.717, 1.165) is 60.1 Å². The van der Waals surface area contributed by atoms with Gasteiger partial charge in [-0.3, -0.25) is 9.78 Å². The zero-order valence-corrected chi connectivity index (χ0v) is 17.2. The second kappa shape index (κ2) is 8.22. The fraction of sp³-hybridized carbons (Fsp3) is 0.429. The molecule has 1 fully saturated rings. The highest BCUT2D eigenvalue weighted by atomic mass is 32.1. The number of nitrogens with zero attached hydrogens (tertiary/aromatic N) is 5. The first-order valence-electron chi connectivity index (χ1n) is 9.70. The first-order chi connectivity index (χ1) is 13.6. The predicted molar refractivity (Wildman–Crippen MR) is 110 cm³/mol. The van der Waals surface area contributed by atoms with Crippen molar-refractivity contribution in [2.45, 2.75) is 32.6 Å². The molecule has 6 nitrogen and oxygen atoms in total. The molecule has 4 rings (SSSR count). The predicted octanol–water partition coefficient (Wildman–Crippen LogP) is 3.27. The summed E-state index contributed by atoms with van der Waals surface area (Å²) >= 11 is 1.65. The van der Waals surface area contributed by atoms with Gasteiger partial charge in [0.15, 0.2) is 0 Å². The number of carbonyl (C=O) groups excluding carboxylic acids is 1. The van der Waals surface area contributed by atoms with Gasteiger partial charge in [-0.2, -0.15) is 0 Å². The van der Waals surface area contributed by atoms with Crippen LogP contribution in [-0.2, 0) is 24.7 Å². The molecule has 0 bridgehead atoms. The normalized spacial score (nSPS) is 17.1. The fourth-order valence-corrected chi connectivity index (χ4v) is 4.49. The molecule has 0 aliphatic carbocycles. The zero-order chi connectivity index (χ0) is 19.5. The first kappa shape index (κ1) is 18.8. The maximum Gasteiger partial charge on any atom is 0.227 e. The van der Waals surface area contributed by atoms with Gasteiger partial charge in [0.25, 0.3) is 0 Å². The molecular weight excluding hydrogens is 370 g/mol. The maximum atomic E-state index is 12.6. The smallest absolute Gasteiger partial charge is 0.227 e. The van der Waals surface area contributed by atoms with Crippen LogP contribution in [0.3, 0.4) is 0 Å². The topological polar surface area (TPSA) is 63.9 Å². The van der Waals surface area contributed by atoms with Crippen LogP contribution in [0.25, 0.3) is 11.4 Å². The Morgan fingerprint density at radius 2 is 2.21 bits per heavy atom. The number of aryl methyl sites for hydroxylation is 1. The highest BCUT2D eigenvalue weighted by Gasteiger charge is 2.24. The summed E-state index contributed by atoms with van der Waals surface area (Å²) < 4.78 is 2.03. The summed E-state index contributed by atoms with van der Waals surface area (Å²) in [6.45, 7) is 3.65. The van der Waals surface area contributed by atoms with Crippen molar-refractivity contribution in [3.63, 3.8) is 0 Å². The van der Waals surface area contributed by atoms with Crippen molar-refractivity contribution >= 4 is 17.2 Å². The number of rotatable bonds is 5. The lowest BCUT2D eigenvalue weighted by atomic mass is 9.93. The van der Waals surface area contributed by atoms with Gasteiger partial charge >= 0.3 is 0 Å². The monoisotopic (exact) mass is 395 g/mol. The third-order valence-electron chi connectivity index (χ3n) is 5.44. The van der Waals surface area contributed by atoms with Gasteiger partial charge < -0.3 is 9.47 Å². The molecule has 0 saturated carbocycles. The number of carbonyl (C=O) groups is 1. The molecule has 1 amide bonds. The molecule has 1 saturated heterocycles. The molecule has 1 aliphatic rings. The maximum absolute atomic E-state index is 12.6. The van der Waals surface area contributed by atoms with Crippen molar-refractivity contribution in [2.75, 3.05) is 13.1 Å². The molecule has 7 heteroatoms. The molecule has 28 heavy (non-hydrogen) atoms. The van der Waals surface area contributed by atoms with Crippen LogP contribution in [0.5, 0.6) is 0 Å². The molecule has 1 unspecified atom stereocenters. The summed E-state index contributed by atoms with van der Waals surface area (Å²) in [5.41, 5.74) is 2.80. The molecule has 0 aromatic carbocycles. The van der Waals surface area contributed by atoms with Crippen molar-refractivity contribution in [1.82, 2.24) is 24.4 Å². The van der Waals surface area contributed by atoms with Gasteiger partial charge in [-0.1, -0.05) is 6.07 Å². The van der Waals surface area contributed by atoms with Crippen molar-refractivity contribution in [1.29, 1.82) is 0 Å². The quantitative estimate of drug-likeness (QED) is 0.665. The van der Waals surface area contributed by atoms with E-state index in [-0.39, 0.29) is 5.91 Å². The highest BCUT2D eigenvalue weighted by Crippen LogP contribution is 2.23. The first-order valence-corrected chi connectivity index (χ1v) is 10.6. The fourth-order valence-electron chi connectivity index (χ4n) is 3.80. The second-order valence-electron chi connectivity index (χ2n) is 7.45. The van der Waals surface area contributed by atoms with E-state index in [9.17, 15) is 4.79 Å². The van der Waals surface area contributed by atoms with E-state index >= 15 is 0 Å². The van der Waals surface area contributed by atoms with Crippen LogP contribution >= 0.6 is 11.3 Å². The van der Waals surface area contributed by atoms with Gasteiger partial charge in [0.05, 0.1) is 30.2 Å². The Balaban J connectivity index is 1.42. The lowest BCUT2D eigenvalue weighted by Gasteiger charge is -2.32. The minimum atomic E-state index is 0.234. The number of piperidine rings is 1. The molecule has 146 valence electrons. The van der Waals surface area contributed by atoms with Crippen LogP contribution in [0.1, 0.15) is 29.2 Å². The average molecular weight is 396 g/mol. The molecule has 0 N–H and O–H groups in total. The minimum Gasteiger partial charge on any atom is -0.342 e. The highest BCUT2D eigenvalue weighted by molar-refractivity contribution is 7.10. The van der Waals surface area contributed by atoms with Crippen LogP contribution in [0, 0.1) is 12.8 Å². The molecular formula is C21H25N5OS. The van der Waals surface area contributed by atoms with E-state index in [0.29, 0.717) is 12.3 Å². The van der Waals surface area contributed by atoms with Gasteiger partial charge in [0, 0.05) is 31.2 Å². The van der Waals surface area contributed by atoms with Crippen molar-refractivity contribution in [3.05, 3.63) is 52.5 Å². The standard InChI is InChI=1S/C21H25N5OS/c1-15-23-13-20(25(15)2)19-12-22-11-17(24-19)9-16-5-3-7-26(14-16)21(27)10-18-6-4-8-28-18/h4,6,8,11-13,16H,3,5,7,9-10,14H2,1-2H3. The lowest BCUT2D eigenvalue weighted by molar-refractivity contribution is -0.132. The number of likely N-dealkylation sites (tertiary alicyclic amines) is 1. The van der Waals surface area contributed by atoms with E-state index in [4.69, 9.17) is 4.98 Å². The summed E-state index contributed by atoms with van der Waals surface area (Å²) in [7, 11) is 1.99. The van der Waals surface area contributed by atoms with E-state index in [1.54, 1.807) is 17.5 Å². The Morgan fingerprint density at radius 3 is 2.96 bits per heavy atom. The van der Waals surface area contributed by atoms with E-state index in [1.807, 2.05) is 53.3 Å². The molecule has 4 heterocycles. The summed E-state index contributed by atoms with van der Waals surface area (Å²) in [4.78, 5) is 29.4. The van der Waals surface area contributed by atoms with Crippen LogP contribution in [-0.4, -0.2) is 43.4 Å². The number of hydrogen-bond acceptors (Lipinski definition) is 5. The van der Waals surface area contributed by atoms with E-state index in [2.05, 4.69) is 9.97 Å². The number of thiophene rings is 1. The lowest BCUT2D eigenvalue weighted by Crippen LogP contribution is -2.41. The largest absolute Gasteiger partial charge is 0.342 e. The molecule has 0 spiro atoms. The second-order valence-corrected chi connectivity index (χ2v) is 8.49. The Morgan fingerprint density at radius 1 is 1.32 bits per heavy atom. The zero-order valence-electron chi connectivity index (χ0n) is 16.3. The number of hydrogen-bond donors (Lipinski definition) is 0. The van der Waals surface area contributed by atoms with E-state index < -0.39 is 0 Å². The number of imidazole rings is 1. The Kier molecular flexibility index (Phi) is 5.52. The minimum absolute atomic E-state index is 0.234. The number of aromatic nitrogens is 4. The summed E-state index contributed by atoms with van der Waals surface area (Å²) in [6.07, 6.45) is 9.01. The molecule has 3 aromatic heterocycles. The van der Waals surface area contributed by atoms with Gasteiger partial charge in [-0.05, 0) is 43.6 Å².